The van der Waals surface area contributed by atoms with Crippen molar-refractivity contribution in [3.05, 3.63) is 82.9 Å². The van der Waals surface area contributed by atoms with Crippen LogP contribution in [0.3, 0.4) is 0 Å². The molecule has 1 unspecified atom stereocenters. The second-order valence-corrected chi connectivity index (χ2v) is 11.4. The predicted octanol–water partition coefficient (Wildman–Crippen LogP) is 4.41. The number of likely N-dealkylation sites (N-methyl/N-ethyl adjacent to an activating group) is 1. The molecule has 2 amide bonds. The van der Waals surface area contributed by atoms with Crippen molar-refractivity contribution >= 4 is 39.1 Å². The molecule has 0 fully saturated rings. The Morgan fingerprint density at radius 3 is 2.20 bits per heavy atom. The fraction of sp³-hybridized carbons (Fsp3) is 0.310. The molecule has 0 aliphatic heterocycles. The zero-order valence-electron chi connectivity index (χ0n) is 23.2. The van der Waals surface area contributed by atoms with Crippen LogP contribution in [0.1, 0.15) is 25.0 Å². The van der Waals surface area contributed by atoms with Crippen molar-refractivity contribution in [1.29, 1.82) is 0 Å². The minimum atomic E-state index is -4.26. The molecule has 1 atom stereocenters. The van der Waals surface area contributed by atoms with Crippen LogP contribution in [-0.2, 0) is 26.2 Å². The lowest BCUT2D eigenvalue weighted by Crippen LogP contribution is -2.51. The second-order valence-electron chi connectivity index (χ2n) is 9.08. The van der Waals surface area contributed by atoms with E-state index in [1.165, 1.54) is 36.3 Å². The van der Waals surface area contributed by atoms with Crippen molar-refractivity contribution in [2.75, 3.05) is 31.6 Å². The number of benzene rings is 3. The Labute approximate surface area is 240 Å². The molecule has 0 heterocycles. The van der Waals surface area contributed by atoms with Crippen molar-refractivity contribution in [1.82, 2.24) is 10.2 Å². The van der Waals surface area contributed by atoms with E-state index in [0.717, 1.165) is 15.4 Å². The van der Waals surface area contributed by atoms with Crippen LogP contribution in [0.5, 0.6) is 11.5 Å². The third-order valence-corrected chi connectivity index (χ3v) is 8.34. The maximum atomic E-state index is 14.0. The van der Waals surface area contributed by atoms with E-state index in [1.807, 2.05) is 6.92 Å². The smallest absolute Gasteiger partial charge is 0.264 e. The molecule has 0 radical (unpaired) electrons. The first kappa shape index (κ1) is 30.8. The van der Waals surface area contributed by atoms with E-state index < -0.39 is 28.5 Å². The van der Waals surface area contributed by atoms with E-state index in [4.69, 9.17) is 21.1 Å². The Morgan fingerprint density at radius 2 is 1.62 bits per heavy atom. The third-order valence-electron chi connectivity index (χ3n) is 6.33. The van der Waals surface area contributed by atoms with Crippen LogP contribution in [-0.4, -0.2) is 58.5 Å². The van der Waals surface area contributed by atoms with Crippen LogP contribution >= 0.6 is 11.6 Å². The first-order valence-electron chi connectivity index (χ1n) is 12.6. The van der Waals surface area contributed by atoms with Crippen LogP contribution in [0.2, 0.25) is 5.02 Å². The van der Waals surface area contributed by atoms with Gasteiger partial charge in [-0.15, -0.1) is 0 Å². The highest BCUT2D eigenvalue weighted by Gasteiger charge is 2.34. The van der Waals surface area contributed by atoms with Gasteiger partial charge < -0.3 is 19.7 Å². The predicted molar refractivity (Wildman–Crippen MR) is 155 cm³/mol. The molecule has 40 heavy (non-hydrogen) atoms. The van der Waals surface area contributed by atoms with Gasteiger partial charge in [0.1, 0.15) is 24.1 Å². The first-order valence-corrected chi connectivity index (χ1v) is 14.5. The molecule has 0 aliphatic rings. The maximum Gasteiger partial charge on any atom is 0.264 e. The molecule has 9 nitrogen and oxygen atoms in total. The average molecular weight is 588 g/mol. The quantitative estimate of drug-likeness (QED) is 0.336. The molecule has 0 spiro atoms. The van der Waals surface area contributed by atoms with Crippen LogP contribution < -0.4 is 19.1 Å². The lowest BCUT2D eigenvalue weighted by molar-refractivity contribution is -0.139. The van der Waals surface area contributed by atoms with Gasteiger partial charge in [0.25, 0.3) is 10.0 Å². The number of hydrogen-bond acceptors (Lipinski definition) is 6. The number of anilines is 1. The molecule has 0 bridgehead atoms. The number of hydrogen-bond donors (Lipinski definition) is 1. The molecule has 0 saturated heterocycles. The standard InChI is InChI=1S/C29H34ClN3O6S/c1-6-31-29(35)21(3)32(18-22-9-12-24(38-4)13-10-22)28(34)19-33(26-17-23(30)11-16-27(26)39-5)40(36,37)25-14-7-20(2)8-15-25/h7-17,21H,6,18-19H2,1-5H3,(H,31,35). The van der Waals surface area contributed by atoms with Crippen molar-refractivity contribution in [2.24, 2.45) is 0 Å². The summed E-state index contributed by atoms with van der Waals surface area (Å²) in [5, 5.41) is 3.00. The van der Waals surface area contributed by atoms with E-state index in [-0.39, 0.29) is 33.8 Å². The van der Waals surface area contributed by atoms with Gasteiger partial charge in [0, 0.05) is 18.1 Å². The van der Waals surface area contributed by atoms with Gasteiger partial charge in [-0.2, -0.15) is 0 Å². The van der Waals surface area contributed by atoms with Gasteiger partial charge >= 0.3 is 0 Å². The number of nitrogens with one attached hydrogen (secondary N) is 1. The zero-order valence-corrected chi connectivity index (χ0v) is 24.8. The number of ether oxygens (including phenoxy) is 2. The number of halogens is 1. The Morgan fingerprint density at radius 1 is 0.975 bits per heavy atom. The van der Waals surface area contributed by atoms with Crippen molar-refractivity contribution in [3.63, 3.8) is 0 Å². The van der Waals surface area contributed by atoms with Gasteiger partial charge in [0.2, 0.25) is 11.8 Å². The Bertz CT molecular complexity index is 1430. The Hall–Kier alpha value is -3.76. The molecule has 0 saturated carbocycles. The minimum Gasteiger partial charge on any atom is -0.497 e. The lowest BCUT2D eigenvalue weighted by Gasteiger charge is -2.32. The maximum absolute atomic E-state index is 14.0. The summed E-state index contributed by atoms with van der Waals surface area (Å²) in [6.07, 6.45) is 0. The SMILES string of the molecule is CCNC(=O)C(C)N(Cc1ccc(OC)cc1)C(=O)CN(c1cc(Cl)ccc1OC)S(=O)(=O)c1ccc(C)cc1. The highest BCUT2D eigenvalue weighted by molar-refractivity contribution is 7.92. The fourth-order valence-corrected chi connectivity index (χ4v) is 5.62. The van der Waals surface area contributed by atoms with Crippen molar-refractivity contribution in [3.8, 4) is 11.5 Å². The van der Waals surface area contributed by atoms with Gasteiger partial charge in [-0.25, -0.2) is 8.42 Å². The first-order chi connectivity index (χ1) is 19.0. The molecule has 214 valence electrons. The number of carbonyl (C=O) groups excluding carboxylic acids is 2. The van der Waals surface area contributed by atoms with Crippen molar-refractivity contribution in [2.45, 2.75) is 38.3 Å². The average Bonchev–Trinajstić information content (AvgIpc) is 2.94. The summed E-state index contributed by atoms with van der Waals surface area (Å²) in [7, 11) is -1.30. The highest BCUT2D eigenvalue weighted by Crippen LogP contribution is 2.35. The van der Waals surface area contributed by atoms with E-state index in [0.29, 0.717) is 12.3 Å². The third kappa shape index (κ3) is 7.25. The zero-order chi connectivity index (χ0) is 29.4. The number of amides is 2. The topological polar surface area (TPSA) is 105 Å². The van der Waals surface area contributed by atoms with Crippen molar-refractivity contribution < 1.29 is 27.5 Å². The number of rotatable bonds is 12. The molecule has 1 N–H and O–H groups in total. The molecule has 0 aliphatic carbocycles. The van der Waals surface area contributed by atoms with Crippen LogP contribution in [0.15, 0.2) is 71.6 Å². The van der Waals surface area contributed by atoms with E-state index in [1.54, 1.807) is 63.4 Å². The summed E-state index contributed by atoms with van der Waals surface area (Å²) in [5.74, 6) is -0.0990. The number of methoxy groups -OCH3 is 2. The molecule has 0 aromatic heterocycles. The van der Waals surface area contributed by atoms with E-state index >= 15 is 0 Å². The molecule has 3 aromatic rings. The Kier molecular flexibility index (Phi) is 10.4. The van der Waals surface area contributed by atoms with Crippen LogP contribution in [0, 0.1) is 6.92 Å². The second kappa shape index (κ2) is 13.5. The number of sulfonamides is 1. The summed E-state index contributed by atoms with van der Waals surface area (Å²) in [4.78, 5) is 28.1. The summed E-state index contributed by atoms with van der Waals surface area (Å²) in [6.45, 7) is 5.06. The monoisotopic (exact) mass is 587 g/mol. The van der Waals surface area contributed by atoms with Crippen LogP contribution in [0.4, 0.5) is 5.69 Å². The fourth-order valence-electron chi connectivity index (χ4n) is 4.04. The molecule has 3 aromatic carbocycles. The lowest BCUT2D eigenvalue weighted by atomic mass is 10.1. The highest BCUT2D eigenvalue weighted by atomic mass is 35.5. The minimum absolute atomic E-state index is 0.00796. The Balaban J connectivity index is 2.09. The largest absolute Gasteiger partial charge is 0.497 e. The summed E-state index contributed by atoms with van der Waals surface area (Å²) >= 11 is 6.26. The summed E-state index contributed by atoms with van der Waals surface area (Å²) in [5.41, 5.74) is 1.71. The molecule has 11 heteroatoms. The molecular weight excluding hydrogens is 554 g/mol. The molecular formula is C29H34ClN3O6S. The van der Waals surface area contributed by atoms with E-state index in [2.05, 4.69) is 5.32 Å². The van der Waals surface area contributed by atoms with Gasteiger partial charge in [0.05, 0.1) is 24.8 Å². The number of carbonyl (C=O) groups is 2. The normalized spacial score (nSPS) is 11.8. The van der Waals surface area contributed by atoms with Gasteiger partial charge in [0.15, 0.2) is 0 Å². The number of aryl methyl sites for hydroxylation is 1. The van der Waals surface area contributed by atoms with E-state index in [9.17, 15) is 18.0 Å². The summed E-state index contributed by atoms with van der Waals surface area (Å²) < 4.78 is 39.6. The number of nitrogens with zero attached hydrogens (tertiary/aromatic N) is 2. The van der Waals surface area contributed by atoms with Gasteiger partial charge in [-0.1, -0.05) is 41.4 Å². The molecule has 3 rings (SSSR count). The summed E-state index contributed by atoms with van der Waals surface area (Å²) in [6, 6.07) is 17.0. The van der Waals surface area contributed by atoms with Gasteiger partial charge in [-0.05, 0) is 68.8 Å². The van der Waals surface area contributed by atoms with Crippen LogP contribution in [0.25, 0.3) is 0 Å². The van der Waals surface area contributed by atoms with Gasteiger partial charge in [-0.3, -0.25) is 13.9 Å².